The van der Waals surface area contributed by atoms with Gasteiger partial charge in [-0.3, -0.25) is 0 Å². The molecule has 2 nitrogen and oxygen atoms in total. The van der Waals surface area contributed by atoms with Crippen molar-refractivity contribution in [2.24, 2.45) is 0 Å². The van der Waals surface area contributed by atoms with Crippen LogP contribution in [0.4, 0.5) is 0 Å². The Morgan fingerprint density at radius 1 is 0.944 bits per heavy atom. The molecule has 3 rings (SSSR count). The fraction of sp³-hybridized carbons (Fsp3) is 0.0625. The maximum atomic E-state index is 4.37. The van der Waals surface area contributed by atoms with Crippen molar-refractivity contribution < 1.29 is 0 Å². The molecule has 0 radical (unpaired) electrons. The Labute approximate surface area is 106 Å². The van der Waals surface area contributed by atoms with Crippen molar-refractivity contribution in [2.45, 2.75) is 6.54 Å². The van der Waals surface area contributed by atoms with Gasteiger partial charge in [0.25, 0.3) is 0 Å². The van der Waals surface area contributed by atoms with Crippen LogP contribution in [0.5, 0.6) is 0 Å². The van der Waals surface area contributed by atoms with E-state index in [1.807, 2.05) is 42.7 Å². The molecule has 1 heterocycles. The lowest BCUT2D eigenvalue weighted by atomic mass is 10.2. The highest BCUT2D eigenvalue weighted by molar-refractivity contribution is 5.75. The van der Waals surface area contributed by atoms with Crippen LogP contribution in [0, 0.1) is 0 Å². The van der Waals surface area contributed by atoms with Crippen LogP contribution in [0.2, 0.25) is 0 Å². The Hall–Kier alpha value is -2.35. The average Bonchev–Trinajstić information content (AvgIpc) is 2.84. The Balaban J connectivity index is 1.79. The van der Waals surface area contributed by atoms with Crippen molar-refractivity contribution in [1.29, 1.82) is 0 Å². The standard InChI is InChI=1S/C16H14N2/c1-2-7-14(8-3-1)9-6-12-18-13-17-15-10-4-5-11-16(15)18/h1-11,13H,12H2/b9-6+. The first-order valence-electron chi connectivity index (χ1n) is 6.05. The molecule has 0 aliphatic carbocycles. The first-order valence-corrected chi connectivity index (χ1v) is 6.05. The summed E-state index contributed by atoms with van der Waals surface area (Å²) < 4.78 is 2.15. The number of aromatic nitrogens is 2. The predicted octanol–water partition coefficient (Wildman–Crippen LogP) is 3.75. The van der Waals surface area contributed by atoms with E-state index >= 15 is 0 Å². The molecule has 0 N–H and O–H groups in total. The van der Waals surface area contributed by atoms with Crippen molar-refractivity contribution in [1.82, 2.24) is 9.55 Å². The number of imidazole rings is 1. The van der Waals surface area contributed by atoms with Crippen LogP contribution in [-0.4, -0.2) is 9.55 Å². The highest BCUT2D eigenvalue weighted by Crippen LogP contribution is 2.12. The lowest BCUT2D eigenvalue weighted by molar-refractivity contribution is 0.852. The first kappa shape index (κ1) is 10.8. The molecule has 0 saturated heterocycles. The monoisotopic (exact) mass is 234 g/mol. The van der Waals surface area contributed by atoms with E-state index in [4.69, 9.17) is 0 Å². The second-order valence-corrected chi connectivity index (χ2v) is 4.20. The minimum absolute atomic E-state index is 0.843. The summed E-state index contributed by atoms with van der Waals surface area (Å²) in [6, 6.07) is 18.5. The molecule has 2 heteroatoms. The van der Waals surface area contributed by atoms with Gasteiger partial charge in [-0.2, -0.15) is 0 Å². The molecule has 88 valence electrons. The number of benzene rings is 2. The number of rotatable bonds is 3. The van der Waals surface area contributed by atoms with E-state index < -0.39 is 0 Å². The molecular weight excluding hydrogens is 220 g/mol. The predicted molar refractivity (Wildman–Crippen MR) is 75.2 cm³/mol. The smallest absolute Gasteiger partial charge is 0.0961 e. The van der Waals surface area contributed by atoms with E-state index in [2.05, 4.69) is 39.9 Å². The largest absolute Gasteiger partial charge is 0.327 e. The normalized spacial score (nSPS) is 11.3. The molecule has 3 aromatic rings. The van der Waals surface area contributed by atoms with Crippen molar-refractivity contribution in [3.05, 3.63) is 72.6 Å². The van der Waals surface area contributed by atoms with Crippen molar-refractivity contribution >= 4 is 17.1 Å². The highest BCUT2D eigenvalue weighted by Gasteiger charge is 1.98. The summed E-state index contributed by atoms with van der Waals surface area (Å²) in [5.74, 6) is 0. The minimum Gasteiger partial charge on any atom is -0.327 e. The fourth-order valence-corrected chi connectivity index (χ4v) is 2.02. The summed E-state index contributed by atoms with van der Waals surface area (Å²) >= 11 is 0. The van der Waals surface area contributed by atoms with Gasteiger partial charge in [-0.15, -0.1) is 0 Å². The van der Waals surface area contributed by atoms with Gasteiger partial charge in [0.15, 0.2) is 0 Å². The molecule has 0 atom stereocenters. The van der Waals surface area contributed by atoms with Crippen LogP contribution in [-0.2, 0) is 6.54 Å². The summed E-state index contributed by atoms with van der Waals surface area (Å²) in [4.78, 5) is 4.37. The second-order valence-electron chi connectivity index (χ2n) is 4.20. The van der Waals surface area contributed by atoms with E-state index in [1.54, 1.807) is 0 Å². The Morgan fingerprint density at radius 2 is 1.72 bits per heavy atom. The number of hydrogen-bond acceptors (Lipinski definition) is 1. The van der Waals surface area contributed by atoms with Crippen molar-refractivity contribution in [3.63, 3.8) is 0 Å². The van der Waals surface area contributed by atoms with Gasteiger partial charge in [0.1, 0.15) is 0 Å². The van der Waals surface area contributed by atoms with Crippen LogP contribution >= 0.6 is 0 Å². The van der Waals surface area contributed by atoms with Crippen LogP contribution in [0.1, 0.15) is 5.56 Å². The molecule has 0 spiro atoms. The zero-order chi connectivity index (χ0) is 12.2. The number of nitrogens with zero attached hydrogens (tertiary/aromatic N) is 2. The maximum absolute atomic E-state index is 4.37. The molecule has 0 aliphatic rings. The van der Waals surface area contributed by atoms with Crippen LogP contribution in [0.3, 0.4) is 0 Å². The molecule has 18 heavy (non-hydrogen) atoms. The maximum Gasteiger partial charge on any atom is 0.0961 e. The summed E-state index contributed by atoms with van der Waals surface area (Å²) in [6.45, 7) is 0.843. The van der Waals surface area contributed by atoms with Crippen molar-refractivity contribution in [2.75, 3.05) is 0 Å². The van der Waals surface area contributed by atoms with Gasteiger partial charge < -0.3 is 4.57 Å². The van der Waals surface area contributed by atoms with Gasteiger partial charge in [0.05, 0.1) is 17.4 Å². The van der Waals surface area contributed by atoms with Crippen LogP contribution in [0.15, 0.2) is 67.0 Å². The minimum atomic E-state index is 0.843. The molecule has 1 aromatic heterocycles. The Morgan fingerprint density at radius 3 is 2.61 bits per heavy atom. The van der Waals surface area contributed by atoms with Gasteiger partial charge in [-0.05, 0) is 17.7 Å². The van der Waals surface area contributed by atoms with Gasteiger partial charge in [-0.1, -0.05) is 54.6 Å². The molecule has 0 aliphatic heterocycles. The fourth-order valence-electron chi connectivity index (χ4n) is 2.02. The van der Waals surface area contributed by atoms with Gasteiger partial charge in [0.2, 0.25) is 0 Å². The topological polar surface area (TPSA) is 17.8 Å². The first-order chi connectivity index (χ1) is 8.93. The third-order valence-electron chi connectivity index (χ3n) is 2.94. The molecule has 0 amide bonds. The number of fused-ring (bicyclic) bond motifs is 1. The summed E-state index contributed by atoms with van der Waals surface area (Å²) in [5.41, 5.74) is 3.45. The lowest BCUT2D eigenvalue weighted by Crippen LogP contribution is -1.91. The number of para-hydroxylation sites is 2. The average molecular weight is 234 g/mol. The van der Waals surface area contributed by atoms with E-state index in [1.165, 1.54) is 11.1 Å². The highest BCUT2D eigenvalue weighted by atomic mass is 15.0. The number of allylic oxidation sites excluding steroid dienone is 1. The molecule has 0 saturated carbocycles. The van der Waals surface area contributed by atoms with Crippen molar-refractivity contribution in [3.8, 4) is 0 Å². The zero-order valence-electron chi connectivity index (χ0n) is 10.0. The Kier molecular flexibility index (Phi) is 2.92. The van der Waals surface area contributed by atoms with Crippen LogP contribution in [0.25, 0.3) is 17.1 Å². The SMILES string of the molecule is C(=C\c1ccccc1)/Cn1cnc2ccccc21. The second kappa shape index (κ2) is 4.88. The van der Waals surface area contributed by atoms with E-state index in [0.29, 0.717) is 0 Å². The number of hydrogen-bond donors (Lipinski definition) is 0. The molecular formula is C16H14N2. The summed E-state index contributed by atoms with van der Waals surface area (Å²) in [7, 11) is 0. The third kappa shape index (κ3) is 2.18. The molecule has 0 bridgehead atoms. The summed E-state index contributed by atoms with van der Waals surface area (Å²) in [6.07, 6.45) is 6.18. The van der Waals surface area contributed by atoms with E-state index in [-0.39, 0.29) is 0 Å². The van der Waals surface area contributed by atoms with Gasteiger partial charge >= 0.3 is 0 Å². The van der Waals surface area contributed by atoms with Gasteiger partial charge in [-0.25, -0.2) is 4.98 Å². The molecule has 0 unspecified atom stereocenters. The van der Waals surface area contributed by atoms with Gasteiger partial charge in [0, 0.05) is 6.54 Å². The molecule has 0 fully saturated rings. The van der Waals surface area contributed by atoms with E-state index in [9.17, 15) is 0 Å². The summed E-state index contributed by atoms with van der Waals surface area (Å²) in [5, 5.41) is 0. The van der Waals surface area contributed by atoms with E-state index in [0.717, 1.165) is 12.1 Å². The molecule has 2 aromatic carbocycles. The lowest BCUT2D eigenvalue weighted by Gasteiger charge is -1.99. The Bertz CT molecular complexity index is 666. The zero-order valence-corrected chi connectivity index (χ0v) is 10.0. The quantitative estimate of drug-likeness (QED) is 0.675. The van der Waals surface area contributed by atoms with Crippen LogP contribution < -0.4 is 0 Å². The third-order valence-corrected chi connectivity index (χ3v) is 2.94.